The van der Waals surface area contributed by atoms with Gasteiger partial charge in [-0.15, -0.1) is 0 Å². The Labute approximate surface area is 61.6 Å². The summed E-state index contributed by atoms with van der Waals surface area (Å²) in [6.45, 7) is 0.881. The summed E-state index contributed by atoms with van der Waals surface area (Å²) in [6.07, 6.45) is 0.684. The zero-order valence-electron chi connectivity index (χ0n) is 6.79. The van der Waals surface area contributed by atoms with E-state index < -0.39 is 0 Å². The summed E-state index contributed by atoms with van der Waals surface area (Å²) in [5.41, 5.74) is 0. The molecule has 0 aromatic carbocycles. The highest BCUT2D eigenvalue weighted by Crippen LogP contribution is 2.11. The van der Waals surface area contributed by atoms with Crippen LogP contribution in [0.5, 0.6) is 0 Å². The maximum Gasteiger partial charge on any atom is 0.224 e. The number of nitrogens with zero attached hydrogens (tertiary/aromatic N) is 2. The Morgan fingerprint density at radius 1 is 1.60 bits per heavy atom. The molecule has 0 aromatic rings. The molecule has 1 saturated heterocycles. The van der Waals surface area contributed by atoms with Crippen molar-refractivity contribution in [3.63, 3.8) is 0 Å². The second-order valence-electron chi connectivity index (χ2n) is 3.10. The lowest BCUT2D eigenvalue weighted by Crippen LogP contribution is -2.30. The van der Waals surface area contributed by atoms with Crippen molar-refractivity contribution in [1.82, 2.24) is 9.80 Å². The van der Waals surface area contributed by atoms with Gasteiger partial charge >= 0.3 is 0 Å². The molecule has 0 saturated carbocycles. The molecule has 3 heteroatoms. The van der Waals surface area contributed by atoms with E-state index in [2.05, 4.69) is 4.90 Å². The van der Waals surface area contributed by atoms with E-state index in [9.17, 15) is 4.79 Å². The Hall–Kier alpha value is -0.570. The van der Waals surface area contributed by atoms with Crippen LogP contribution >= 0.6 is 0 Å². The van der Waals surface area contributed by atoms with Gasteiger partial charge in [0.25, 0.3) is 0 Å². The molecule has 1 unspecified atom stereocenters. The molecule has 0 bridgehead atoms. The molecule has 1 aliphatic heterocycles. The van der Waals surface area contributed by atoms with E-state index in [1.54, 1.807) is 4.90 Å². The summed E-state index contributed by atoms with van der Waals surface area (Å²) in [5.74, 6) is 0.263. The lowest BCUT2D eigenvalue weighted by Gasteiger charge is -2.17. The van der Waals surface area contributed by atoms with Crippen LogP contribution in [0.25, 0.3) is 0 Å². The highest BCUT2D eigenvalue weighted by molar-refractivity contribution is 5.78. The minimum atomic E-state index is 0.263. The van der Waals surface area contributed by atoms with Gasteiger partial charge in [-0.3, -0.25) is 4.79 Å². The van der Waals surface area contributed by atoms with Gasteiger partial charge in [-0.2, -0.15) is 0 Å². The number of rotatable bonds is 1. The highest BCUT2D eigenvalue weighted by Gasteiger charge is 2.27. The van der Waals surface area contributed by atoms with Crippen LogP contribution in [-0.2, 0) is 4.79 Å². The summed E-state index contributed by atoms with van der Waals surface area (Å²) < 4.78 is 0. The van der Waals surface area contributed by atoms with Gasteiger partial charge in [0.1, 0.15) is 0 Å². The second-order valence-corrected chi connectivity index (χ2v) is 3.10. The Morgan fingerprint density at radius 2 is 2.20 bits per heavy atom. The van der Waals surface area contributed by atoms with E-state index in [4.69, 9.17) is 0 Å². The molecule has 0 radical (unpaired) electrons. The maximum absolute atomic E-state index is 11.0. The minimum Gasteiger partial charge on any atom is -0.344 e. The third-order valence-corrected chi connectivity index (χ3v) is 2.05. The fourth-order valence-electron chi connectivity index (χ4n) is 1.19. The van der Waals surface area contributed by atoms with Gasteiger partial charge < -0.3 is 9.80 Å². The highest BCUT2D eigenvalue weighted by atomic mass is 16.2. The van der Waals surface area contributed by atoms with Crippen LogP contribution in [0.3, 0.4) is 0 Å². The number of carbonyl (C=O) groups excluding carboxylic acids is 1. The number of hydrogen-bond donors (Lipinski definition) is 0. The van der Waals surface area contributed by atoms with Crippen LogP contribution in [0.2, 0.25) is 0 Å². The summed E-state index contributed by atoms with van der Waals surface area (Å²) in [4.78, 5) is 14.9. The molecule has 1 heterocycles. The van der Waals surface area contributed by atoms with Gasteiger partial charge in [-0.25, -0.2) is 0 Å². The van der Waals surface area contributed by atoms with E-state index in [-0.39, 0.29) is 5.91 Å². The molecule has 10 heavy (non-hydrogen) atoms. The SMILES string of the molecule is CN1CC(N(C)C)CC1=O. The zero-order chi connectivity index (χ0) is 7.72. The Balaban J connectivity index is 2.49. The molecule has 0 spiro atoms. The second kappa shape index (κ2) is 2.58. The van der Waals surface area contributed by atoms with Crippen molar-refractivity contribution < 1.29 is 4.79 Å². The van der Waals surface area contributed by atoms with Crippen LogP contribution in [0.1, 0.15) is 6.42 Å². The molecule has 58 valence electrons. The zero-order valence-corrected chi connectivity index (χ0v) is 6.79. The van der Waals surface area contributed by atoms with Gasteiger partial charge in [0.2, 0.25) is 5.91 Å². The maximum atomic E-state index is 11.0. The molecule has 1 aliphatic rings. The first kappa shape index (κ1) is 7.54. The predicted octanol–water partition coefficient (Wildman–Crippen LogP) is -0.221. The molecule has 0 aromatic heterocycles. The molecular weight excluding hydrogens is 128 g/mol. The van der Waals surface area contributed by atoms with Crippen LogP contribution in [0.4, 0.5) is 0 Å². The van der Waals surface area contributed by atoms with Crippen molar-refractivity contribution in [1.29, 1.82) is 0 Å². The summed E-state index contributed by atoms with van der Waals surface area (Å²) in [5, 5.41) is 0. The van der Waals surface area contributed by atoms with Gasteiger partial charge in [-0.1, -0.05) is 0 Å². The lowest BCUT2D eigenvalue weighted by molar-refractivity contribution is -0.126. The fraction of sp³-hybridized carbons (Fsp3) is 0.857. The molecule has 1 atom stereocenters. The first-order valence-corrected chi connectivity index (χ1v) is 3.51. The molecule has 3 nitrogen and oxygen atoms in total. The van der Waals surface area contributed by atoms with Crippen LogP contribution in [-0.4, -0.2) is 49.4 Å². The number of carbonyl (C=O) groups is 1. The molecular formula is C7H14N2O. The van der Waals surface area contributed by atoms with Crippen molar-refractivity contribution in [2.24, 2.45) is 0 Å². The van der Waals surface area contributed by atoms with E-state index in [1.807, 2.05) is 21.1 Å². The Morgan fingerprint density at radius 3 is 2.40 bits per heavy atom. The minimum absolute atomic E-state index is 0.263. The van der Waals surface area contributed by atoms with Crippen LogP contribution < -0.4 is 0 Å². The van der Waals surface area contributed by atoms with E-state index in [0.717, 1.165) is 6.54 Å². The first-order valence-electron chi connectivity index (χ1n) is 3.51. The molecule has 0 N–H and O–H groups in total. The summed E-state index contributed by atoms with van der Waals surface area (Å²) >= 11 is 0. The topological polar surface area (TPSA) is 23.6 Å². The summed E-state index contributed by atoms with van der Waals surface area (Å²) in [6, 6.07) is 0.428. The fourth-order valence-corrected chi connectivity index (χ4v) is 1.19. The summed E-state index contributed by atoms with van der Waals surface area (Å²) in [7, 11) is 5.88. The number of likely N-dealkylation sites (N-methyl/N-ethyl adjacent to an activating group) is 2. The number of amides is 1. The van der Waals surface area contributed by atoms with Gasteiger partial charge in [0, 0.05) is 26.1 Å². The lowest BCUT2D eigenvalue weighted by atomic mass is 10.2. The molecule has 1 amide bonds. The number of likely N-dealkylation sites (tertiary alicyclic amines) is 1. The van der Waals surface area contributed by atoms with Gasteiger partial charge in [-0.05, 0) is 14.1 Å². The van der Waals surface area contributed by atoms with Crippen molar-refractivity contribution >= 4 is 5.91 Å². The van der Waals surface area contributed by atoms with Gasteiger partial charge in [0.05, 0.1) is 0 Å². The van der Waals surface area contributed by atoms with Crippen molar-refractivity contribution in [2.45, 2.75) is 12.5 Å². The molecule has 1 fully saturated rings. The Kier molecular flexibility index (Phi) is 1.94. The Bertz CT molecular complexity index is 145. The van der Waals surface area contributed by atoms with E-state index >= 15 is 0 Å². The first-order chi connectivity index (χ1) is 4.61. The van der Waals surface area contributed by atoms with Crippen molar-refractivity contribution in [3.8, 4) is 0 Å². The standard InChI is InChI=1S/C7H14N2O/c1-8(2)6-4-7(10)9(3)5-6/h6H,4-5H2,1-3H3. The van der Waals surface area contributed by atoms with Crippen LogP contribution in [0, 0.1) is 0 Å². The number of hydrogen-bond acceptors (Lipinski definition) is 2. The third-order valence-electron chi connectivity index (χ3n) is 2.05. The van der Waals surface area contributed by atoms with Crippen molar-refractivity contribution in [2.75, 3.05) is 27.7 Å². The molecule has 1 rings (SSSR count). The van der Waals surface area contributed by atoms with Crippen LogP contribution in [0.15, 0.2) is 0 Å². The average Bonchev–Trinajstić information content (AvgIpc) is 2.13. The largest absolute Gasteiger partial charge is 0.344 e. The monoisotopic (exact) mass is 142 g/mol. The van der Waals surface area contributed by atoms with E-state index in [0.29, 0.717) is 12.5 Å². The third kappa shape index (κ3) is 1.29. The van der Waals surface area contributed by atoms with Gasteiger partial charge in [0.15, 0.2) is 0 Å². The normalized spacial score (nSPS) is 26.6. The van der Waals surface area contributed by atoms with Crippen molar-refractivity contribution in [3.05, 3.63) is 0 Å². The van der Waals surface area contributed by atoms with E-state index in [1.165, 1.54) is 0 Å². The predicted molar refractivity (Wildman–Crippen MR) is 39.7 cm³/mol. The average molecular weight is 142 g/mol. The smallest absolute Gasteiger partial charge is 0.224 e. The quantitative estimate of drug-likeness (QED) is 0.505. The molecule has 0 aliphatic carbocycles.